The highest BCUT2D eigenvalue weighted by Crippen LogP contribution is 2.41. The zero-order valence-electron chi connectivity index (χ0n) is 17.5. The molecule has 1 saturated carbocycles. The molecule has 3 aliphatic rings. The van der Waals surface area contributed by atoms with Crippen LogP contribution in [0.5, 0.6) is 0 Å². The van der Waals surface area contributed by atoms with Crippen molar-refractivity contribution in [2.45, 2.75) is 64.1 Å². The van der Waals surface area contributed by atoms with Crippen LogP contribution in [-0.2, 0) is 9.59 Å². The Morgan fingerprint density at radius 3 is 2.55 bits per heavy atom. The zero-order chi connectivity index (χ0) is 20.7. The third-order valence-corrected chi connectivity index (χ3v) is 7.20. The molecular formula is C22H31N3O4. The first-order valence-corrected chi connectivity index (χ1v) is 10.7. The van der Waals surface area contributed by atoms with E-state index < -0.39 is 0 Å². The minimum Gasteiger partial charge on any atom is -0.459 e. The van der Waals surface area contributed by atoms with Crippen molar-refractivity contribution in [3.63, 3.8) is 0 Å². The van der Waals surface area contributed by atoms with Gasteiger partial charge < -0.3 is 19.1 Å². The van der Waals surface area contributed by atoms with Gasteiger partial charge in [-0.15, -0.1) is 0 Å². The molecule has 2 saturated heterocycles. The fourth-order valence-corrected chi connectivity index (χ4v) is 5.83. The van der Waals surface area contributed by atoms with Crippen molar-refractivity contribution >= 4 is 17.7 Å². The number of carbonyl (C=O) groups excluding carboxylic acids is 3. The summed E-state index contributed by atoms with van der Waals surface area (Å²) in [6.45, 7) is 4.97. The van der Waals surface area contributed by atoms with Crippen LogP contribution in [0.3, 0.4) is 0 Å². The Balaban J connectivity index is 1.58. The van der Waals surface area contributed by atoms with Gasteiger partial charge in [-0.25, -0.2) is 0 Å². The van der Waals surface area contributed by atoms with Crippen LogP contribution in [0.15, 0.2) is 22.8 Å². The third-order valence-electron chi connectivity index (χ3n) is 7.20. The highest BCUT2D eigenvalue weighted by molar-refractivity contribution is 5.92. The maximum Gasteiger partial charge on any atom is 0.289 e. The maximum atomic E-state index is 13.2. The molecule has 1 aromatic rings. The van der Waals surface area contributed by atoms with Crippen molar-refractivity contribution in [3.05, 3.63) is 24.2 Å². The van der Waals surface area contributed by atoms with Crippen molar-refractivity contribution in [3.8, 4) is 0 Å². The second-order valence-corrected chi connectivity index (χ2v) is 8.99. The molecule has 4 unspecified atom stereocenters. The van der Waals surface area contributed by atoms with Gasteiger partial charge in [0.1, 0.15) is 0 Å². The number of piperidine rings is 1. The Bertz CT molecular complexity index is 777. The lowest BCUT2D eigenvalue weighted by Crippen LogP contribution is -2.67. The Labute approximate surface area is 172 Å². The van der Waals surface area contributed by atoms with E-state index in [0.29, 0.717) is 30.6 Å². The van der Waals surface area contributed by atoms with E-state index in [2.05, 4.69) is 0 Å². The minimum absolute atomic E-state index is 0.00520. The number of carbonyl (C=O) groups is 3. The molecule has 0 N–H and O–H groups in total. The second kappa shape index (κ2) is 7.84. The summed E-state index contributed by atoms with van der Waals surface area (Å²) in [6.07, 6.45) is 5.86. The molecular weight excluding hydrogens is 370 g/mol. The van der Waals surface area contributed by atoms with Crippen LogP contribution >= 0.6 is 0 Å². The van der Waals surface area contributed by atoms with Gasteiger partial charge in [-0.3, -0.25) is 14.4 Å². The molecule has 7 nitrogen and oxygen atoms in total. The lowest BCUT2D eigenvalue weighted by atomic mass is 9.71. The molecule has 3 amide bonds. The predicted octanol–water partition coefficient (Wildman–Crippen LogP) is 2.38. The molecule has 5 atom stereocenters. The van der Waals surface area contributed by atoms with E-state index >= 15 is 0 Å². The van der Waals surface area contributed by atoms with Crippen LogP contribution in [0.25, 0.3) is 0 Å². The molecule has 4 rings (SSSR count). The molecule has 1 aromatic heterocycles. The average Bonchev–Trinajstić information content (AvgIpc) is 3.23. The Morgan fingerprint density at radius 2 is 1.90 bits per heavy atom. The Kier molecular flexibility index (Phi) is 5.40. The summed E-state index contributed by atoms with van der Waals surface area (Å²) < 4.78 is 5.39. The van der Waals surface area contributed by atoms with E-state index in [1.165, 1.54) is 6.26 Å². The number of hydrogen-bond acceptors (Lipinski definition) is 4. The number of piperazine rings is 1. The van der Waals surface area contributed by atoms with Crippen LogP contribution in [0.1, 0.15) is 56.5 Å². The standard InChI is InChI=1S/C22H31N3O4/c1-14-12-24(22(28)20-5-4-10-29-20)19-11-16(6-8-18(19)25(14)15(2)26)17-7-9-21(27)23(3)13-17/h4-5,10,14,16-19H,6-9,11-13H2,1-3H3/t14-,16?,17?,18?,19?/m0/s1. The quantitative estimate of drug-likeness (QED) is 0.763. The molecule has 158 valence electrons. The molecule has 3 heterocycles. The molecule has 3 fully saturated rings. The lowest BCUT2D eigenvalue weighted by Gasteiger charge is -2.54. The number of fused-ring (bicyclic) bond motifs is 1. The number of amides is 3. The highest BCUT2D eigenvalue weighted by Gasteiger charge is 2.48. The Hall–Kier alpha value is -2.31. The second-order valence-electron chi connectivity index (χ2n) is 8.99. The van der Waals surface area contributed by atoms with Crippen LogP contribution < -0.4 is 0 Å². The number of furan rings is 1. The monoisotopic (exact) mass is 401 g/mol. The van der Waals surface area contributed by atoms with E-state index in [0.717, 1.165) is 32.2 Å². The van der Waals surface area contributed by atoms with Crippen molar-refractivity contribution in [2.75, 3.05) is 20.1 Å². The predicted molar refractivity (Wildman–Crippen MR) is 107 cm³/mol. The van der Waals surface area contributed by atoms with Gasteiger partial charge in [0.25, 0.3) is 5.91 Å². The van der Waals surface area contributed by atoms with Gasteiger partial charge in [-0.05, 0) is 56.6 Å². The van der Waals surface area contributed by atoms with Gasteiger partial charge in [0.05, 0.1) is 18.3 Å². The fraction of sp³-hybridized carbons (Fsp3) is 0.682. The number of nitrogens with zero attached hydrogens (tertiary/aromatic N) is 3. The average molecular weight is 402 g/mol. The van der Waals surface area contributed by atoms with E-state index in [1.54, 1.807) is 19.1 Å². The van der Waals surface area contributed by atoms with Gasteiger partial charge >= 0.3 is 0 Å². The smallest absolute Gasteiger partial charge is 0.289 e. The summed E-state index contributed by atoms with van der Waals surface area (Å²) in [7, 11) is 1.88. The highest BCUT2D eigenvalue weighted by atomic mass is 16.3. The van der Waals surface area contributed by atoms with Gasteiger partial charge in [0.15, 0.2) is 5.76 Å². The molecule has 29 heavy (non-hydrogen) atoms. The molecule has 2 aliphatic heterocycles. The van der Waals surface area contributed by atoms with Gasteiger partial charge in [0.2, 0.25) is 11.8 Å². The van der Waals surface area contributed by atoms with Crippen LogP contribution in [-0.4, -0.2) is 70.7 Å². The summed E-state index contributed by atoms with van der Waals surface area (Å²) >= 11 is 0. The zero-order valence-corrected chi connectivity index (χ0v) is 17.5. The molecule has 0 spiro atoms. The van der Waals surface area contributed by atoms with Gasteiger partial charge in [-0.2, -0.15) is 0 Å². The molecule has 0 aromatic carbocycles. The normalized spacial score (nSPS) is 32.9. The van der Waals surface area contributed by atoms with E-state index in [1.807, 2.05) is 28.7 Å². The SMILES string of the molecule is CC(=O)N1C2CCC(C3CCC(=O)N(C)C3)CC2N(C(=O)c2ccco2)C[C@@H]1C. The number of likely N-dealkylation sites (tertiary alicyclic amines) is 1. The molecule has 1 aliphatic carbocycles. The van der Waals surface area contributed by atoms with Crippen molar-refractivity contribution in [2.24, 2.45) is 11.8 Å². The van der Waals surface area contributed by atoms with Crippen molar-refractivity contribution < 1.29 is 18.8 Å². The first-order chi connectivity index (χ1) is 13.9. The Morgan fingerprint density at radius 1 is 1.10 bits per heavy atom. The third kappa shape index (κ3) is 3.67. The summed E-state index contributed by atoms with van der Waals surface area (Å²) in [5.41, 5.74) is 0. The van der Waals surface area contributed by atoms with Crippen LogP contribution in [0, 0.1) is 11.8 Å². The van der Waals surface area contributed by atoms with Gasteiger partial charge in [-0.1, -0.05) is 0 Å². The molecule has 0 radical (unpaired) electrons. The number of rotatable bonds is 2. The molecule has 7 heteroatoms. The fourth-order valence-electron chi connectivity index (χ4n) is 5.83. The summed E-state index contributed by atoms with van der Waals surface area (Å²) in [4.78, 5) is 43.3. The first kappa shape index (κ1) is 20.0. The van der Waals surface area contributed by atoms with Crippen LogP contribution in [0.4, 0.5) is 0 Å². The minimum atomic E-state index is -0.0864. The van der Waals surface area contributed by atoms with Crippen molar-refractivity contribution in [1.29, 1.82) is 0 Å². The van der Waals surface area contributed by atoms with Crippen LogP contribution in [0.2, 0.25) is 0 Å². The van der Waals surface area contributed by atoms with E-state index in [9.17, 15) is 14.4 Å². The first-order valence-electron chi connectivity index (χ1n) is 10.7. The van der Waals surface area contributed by atoms with Gasteiger partial charge in [0, 0.05) is 39.5 Å². The summed E-state index contributed by atoms with van der Waals surface area (Å²) in [5, 5.41) is 0. The topological polar surface area (TPSA) is 74.1 Å². The maximum absolute atomic E-state index is 13.2. The van der Waals surface area contributed by atoms with E-state index in [4.69, 9.17) is 4.42 Å². The summed E-state index contributed by atoms with van der Waals surface area (Å²) in [6, 6.07) is 3.48. The van der Waals surface area contributed by atoms with Crippen molar-refractivity contribution in [1.82, 2.24) is 14.7 Å². The molecule has 0 bridgehead atoms. The lowest BCUT2D eigenvalue weighted by molar-refractivity contribution is -0.143. The summed E-state index contributed by atoms with van der Waals surface area (Å²) in [5.74, 6) is 1.50. The number of hydrogen-bond donors (Lipinski definition) is 0. The largest absolute Gasteiger partial charge is 0.459 e. The van der Waals surface area contributed by atoms with E-state index in [-0.39, 0.29) is 35.8 Å².